The zero-order valence-electron chi connectivity index (χ0n) is 7.87. The van der Waals surface area contributed by atoms with Crippen molar-refractivity contribution in [3.63, 3.8) is 0 Å². The molecule has 0 aliphatic carbocycles. The molecule has 0 aromatic heterocycles. The number of aliphatic hydroxyl groups is 4. The van der Waals surface area contributed by atoms with Crippen LogP contribution in [-0.2, 0) is 19.3 Å². The number of hydrogen-bond acceptors (Lipinski definition) is 8. The molecule has 1 fully saturated rings. The fraction of sp³-hybridized carbons (Fsp3) is 1.00. The van der Waals surface area contributed by atoms with Gasteiger partial charge in [-0.3, -0.25) is 4.55 Å². The third-order valence-corrected chi connectivity index (χ3v) is 2.50. The molecule has 0 radical (unpaired) electrons. The van der Waals surface area contributed by atoms with Crippen LogP contribution in [0.3, 0.4) is 0 Å². The monoisotopic (exact) mass is 260 g/mol. The van der Waals surface area contributed by atoms with Gasteiger partial charge in [0.15, 0.2) is 0 Å². The van der Waals surface area contributed by atoms with E-state index in [9.17, 15) is 23.7 Å². The van der Waals surface area contributed by atoms with E-state index < -0.39 is 47.7 Å². The lowest BCUT2D eigenvalue weighted by Gasteiger charge is -2.38. The average Bonchev–Trinajstić information content (AvgIpc) is 2.17. The van der Waals surface area contributed by atoms with Crippen molar-refractivity contribution in [1.29, 1.82) is 0 Å². The Morgan fingerprint density at radius 2 is 1.69 bits per heavy atom. The zero-order chi connectivity index (χ0) is 12.5. The Hall–Kier alpha value is -0.330. The first kappa shape index (κ1) is 13.7. The van der Waals surface area contributed by atoms with E-state index in [4.69, 9.17) is 9.66 Å². The minimum Gasteiger partial charge on any atom is -0.394 e. The van der Waals surface area contributed by atoms with Crippen LogP contribution in [0.25, 0.3) is 0 Å². The fourth-order valence-corrected chi connectivity index (χ4v) is 1.67. The first-order valence-corrected chi connectivity index (χ1v) is 5.59. The second kappa shape index (κ2) is 4.89. The number of hydrogen-bond donors (Lipinski definition) is 5. The summed E-state index contributed by atoms with van der Waals surface area (Å²) >= 11 is 0. The molecule has 10 heteroatoms. The van der Waals surface area contributed by atoms with Gasteiger partial charge in [0.05, 0.1) is 6.61 Å². The Morgan fingerprint density at radius 3 is 2.12 bits per heavy atom. The Balaban J connectivity index is 2.79. The van der Waals surface area contributed by atoms with Crippen molar-refractivity contribution < 1.29 is 42.3 Å². The molecular weight excluding hydrogens is 248 g/mol. The molecule has 1 rings (SSSR count). The quantitative estimate of drug-likeness (QED) is 0.327. The summed E-state index contributed by atoms with van der Waals surface area (Å²) in [6, 6.07) is 0. The van der Waals surface area contributed by atoms with Gasteiger partial charge < -0.3 is 25.2 Å². The molecule has 0 saturated carbocycles. The van der Waals surface area contributed by atoms with Crippen molar-refractivity contribution in [1.82, 2.24) is 0 Å². The van der Waals surface area contributed by atoms with Gasteiger partial charge in [0.1, 0.15) is 24.4 Å². The highest BCUT2D eigenvalue weighted by atomic mass is 32.3. The lowest BCUT2D eigenvalue weighted by molar-refractivity contribution is -0.277. The van der Waals surface area contributed by atoms with Gasteiger partial charge in [-0.1, -0.05) is 0 Å². The van der Waals surface area contributed by atoms with Gasteiger partial charge >= 0.3 is 10.4 Å². The van der Waals surface area contributed by atoms with Crippen molar-refractivity contribution in [2.75, 3.05) is 6.61 Å². The maximum Gasteiger partial charge on any atom is 0.399 e. The Morgan fingerprint density at radius 1 is 1.12 bits per heavy atom. The maximum absolute atomic E-state index is 10.4. The number of rotatable bonds is 3. The summed E-state index contributed by atoms with van der Waals surface area (Å²) in [5, 5.41) is 36.5. The van der Waals surface area contributed by atoms with Crippen molar-refractivity contribution in [2.24, 2.45) is 0 Å². The zero-order valence-corrected chi connectivity index (χ0v) is 8.69. The molecule has 1 aliphatic rings. The van der Waals surface area contributed by atoms with Crippen LogP contribution in [0.15, 0.2) is 0 Å². The summed E-state index contributed by atoms with van der Waals surface area (Å²) in [6.45, 7) is -0.726. The van der Waals surface area contributed by atoms with E-state index in [0.717, 1.165) is 0 Å². The summed E-state index contributed by atoms with van der Waals surface area (Å²) in [5.41, 5.74) is 0. The summed E-state index contributed by atoms with van der Waals surface area (Å²) in [7, 11) is -4.89. The molecule has 5 N–H and O–H groups in total. The lowest BCUT2D eigenvalue weighted by atomic mass is 10.00. The maximum atomic E-state index is 10.4. The standard InChI is InChI=1S/C6H12O9S/c7-1-2-3(8)4(9)5(10)6(14-2)15-16(11,12)13/h2-10H,1H2,(H,11,12,13)/t2?,3?,4?,5?,6-/m1/s1. The Bertz CT molecular complexity index is 325. The SMILES string of the molecule is O=S(=O)(O)O[C@H]1OC(CO)C(O)C(O)C1O. The summed E-state index contributed by atoms with van der Waals surface area (Å²) in [4.78, 5) is 0. The van der Waals surface area contributed by atoms with Crippen LogP contribution in [-0.4, -0.2) is 70.7 Å². The first-order valence-electron chi connectivity index (χ1n) is 4.22. The molecule has 0 aromatic rings. The number of aliphatic hydroxyl groups excluding tert-OH is 4. The highest BCUT2D eigenvalue weighted by molar-refractivity contribution is 7.80. The predicted octanol–water partition coefficient (Wildman–Crippen LogP) is -3.39. The molecule has 0 bridgehead atoms. The molecule has 1 saturated heterocycles. The number of ether oxygens (including phenoxy) is 1. The van der Waals surface area contributed by atoms with Crippen LogP contribution >= 0.6 is 0 Å². The van der Waals surface area contributed by atoms with Crippen LogP contribution in [0.1, 0.15) is 0 Å². The summed E-state index contributed by atoms with van der Waals surface area (Å²) in [6.07, 6.45) is -8.46. The molecular formula is C6H12O9S. The van der Waals surface area contributed by atoms with Crippen LogP contribution in [0.5, 0.6) is 0 Å². The van der Waals surface area contributed by atoms with Crippen LogP contribution in [0, 0.1) is 0 Å². The lowest BCUT2D eigenvalue weighted by Crippen LogP contribution is -2.59. The normalized spacial score (nSPS) is 40.9. The fourth-order valence-electron chi connectivity index (χ4n) is 1.27. The van der Waals surface area contributed by atoms with Gasteiger partial charge in [0, 0.05) is 0 Å². The first-order chi connectivity index (χ1) is 7.26. The van der Waals surface area contributed by atoms with E-state index in [0.29, 0.717) is 0 Å². The van der Waals surface area contributed by atoms with Gasteiger partial charge in [0.25, 0.3) is 0 Å². The second-order valence-electron chi connectivity index (χ2n) is 3.22. The molecule has 0 amide bonds. The molecule has 0 spiro atoms. The minimum absolute atomic E-state index is 0.726. The average molecular weight is 260 g/mol. The minimum atomic E-state index is -4.89. The molecule has 4 unspecified atom stereocenters. The van der Waals surface area contributed by atoms with Crippen LogP contribution in [0.4, 0.5) is 0 Å². The third-order valence-electron chi connectivity index (χ3n) is 2.06. The molecule has 16 heavy (non-hydrogen) atoms. The van der Waals surface area contributed by atoms with Gasteiger partial charge in [-0.15, -0.1) is 0 Å². The highest BCUT2D eigenvalue weighted by Gasteiger charge is 2.45. The summed E-state index contributed by atoms with van der Waals surface area (Å²) in [5.74, 6) is 0. The molecule has 1 aliphatic heterocycles. The van der Waals surface area contributed by atoms with Gasteiger partial charge in [-0.05, 0) is 0 Å². The topological polar surface area (TPSA) is 154 Å². The van der Waals surface area contributed by atoms with E-state index >= 15 is 0 Å². The Labute approximate surface area is 90.8 Å². The van der Waals surface area contributed by atoms with E-state index in [2.05, 4.69) is 8.92 Å². The van der Waals surface area contributed by atoms with Gasteiger partial charge in [0.2, 0.25) is 6.29 Å². The van der Waals surface area contributed by atoms with Crippen molar-refractivity contribution in [2.45, 2.75) is 30.7 Å². The molecule has 9 nitrogen and oxygen atoms in total. The van der Waals surface area contributed by atoms with Crippen molar-refractivity contribution in [3.05, 3.63) is 0 Å². The van der Waals surface area contributed by atoms with Gasteiger partial charge in [-0.2, -0.15) is 8.42 Å². The van der Waals surface area contributed by atoms with E-state index in [-0.39, 0.29) is 0 Å². The van der Waals surface area contributed by atoms with E-state index in [1.165, 1.54) is 0 Å². The third kappa shape index (κ3) is 3.09. The molecule has 5 atom stereocenters. The van der Waals surface area contributed by atoms with Crippen LogP contribution in [0.2, 0.25) is 0 Å². The van der Waals surface area contributed by atoms with Crippen molar-refractivity contribution in [3.8, 4) is 0 Å². The second-order valence-corrected chi connectivity index (χ2v) is 4.27. The van der Waals surface area contributed by atoms with Gasteiger partial charge in [-0.25, -0.2) is 4.18 Å². The van der Waals surface area contributed by atoms with Crippen LogP contribution < -0.4 is 0 Å². The molecule has 1 heterocycles. The predicted molar refractivity (Wildman–Crippen MR) is 46.4 cm³/mol. The highest BCUT2D eigenvalue weighted by Crippen LogP contribution is 2.22. The molecule has 0 aromatic carbocycles. The van der Waals surface area contributed by atoms with E-state index in [1.54, 1.807) is 0 Å². The van der Waals surface area contributed by atoms with E-state index in [1.807, 2.05) is 0 Å². The van der Waals surface area contributed by atoms with Crippen molar-refractivity contribution >= 4 is 10.4 Å². The molecule has 96 valence electrons. The Kier molecular flexibility index (Phi) is 4.20. The summed E-state index contributed by atoms with van der Waals surface area (Å²) < 4.78 is 37.6. The smallest absolute Gasteiger partial charge is 0.394 e. The largest absolute Gasteiger partial charge is 0.399 e.